The molecule has 13 heavy (non-hydrogen) atoms. The SMILES string of the molecule is CC(Cl)C(=O)OC1CSCCCO1. The lowest BCUT2D eigenvalue weighted by atomic mass is 10.5. The molecule has 0 amide bonds. The molecule has 76 valence electrons. The van der Waals surface area contributed by atoms with Gasteiger partial charge in [-0.2, -0.15) is 11.8 Å². The molecule has 0 N–H and O–H groups in total. The van der Waals surface area contributed by atoms with Crippen molar-refractivity contribution < 1.29 is 14.3 Å². The Morgan fingerprint density at radius 1 is 1.77 bits per heavy atom. The smallest absolute Gasteiger partial charge is 0.326 e. The summed E-state index contributed by atoms with van der Waals surface area (Å²) in [6.07, 6.45) is 0.594. The van der Waals surface area contributed by atoms with Gasteiger partial charge in [0.05, 0.1) is 12.4 Å². The lowest BCUT2D eigenvalue weighted by molar-refractivity contribution is -0.172. The largest absolute Gasteiger partial charge is 0.434 e. The zero-order chi connectivity index (χ0) is 9.68. The van der Waals surface area contributed by atoms with E-state index in [1.165, 1.54) is 0 Å². The highest BCUT2D eigenvalue weighted by Crippen LogP contribution is 2.14. The molecule has 0 aromatic carbocycles. The molecule has 0 aromatic rings. The highest BCUT2D eigenvalue weighted by atomic mass is 35.5. The van der Waals surface area contributed by atoms with E-state index in [0.717, 1.165) is 12.2 Å². The van der Waals surface area contributed by atoms with E-state index < -0.39 is 17.6 Å². The van der Waals surface area contributed by atoms with Crippen LogP contribution in [0.4, 0.5) is 0 Å². The first-order valence-corrected chi connectivity index (χ1v) is 5.83. The van der Waals surface area contributed by atoms with E-state index in [4.69, 9.17) is 21.1 Å². The summed E-state index contributed by atoms with van der Waals surface area (Å²) in [7, 11) is 0. The zero-order valence-electron chi connectivity index (χ0n) is 7.49. The second kappa shape index (κ2) is 5.73. The number of carbonyl (C=O) groups is 1. The average Bonchev–Trinajstić information content (AvgIpc) is 2.32. The molecule has 0 aliphatic carbocycles. The molecule has 0 radical (unpaired) electrons. The van der Waals surface area contributed by atoms with Crippen LogP contribution in [-0.2, 0) is 14.3 Å². The van der Waals surface area contributed by atoms with Crippen molar-refractivity contribution in [1.82, 2.24) is 0 Å². The second-order valence-electron chi connectivity index (χ2n) is 2.78. The molecule has 1 saturated heterocycles. The molecule has 3 nitrogen and oxygen atoms in total. The zero-order valence-corrected chi connectivity index (χ0v) is 9.07. The van der Waals surface area contributed by atoms with Gasteiger partial charge in [-0.25, -0.2) is 0 Å². The second-order valence-corrected chi connectivity index (χ2v) is 4.59. The standard InChI is InChI=1S/C8H13ClO3S/c1-6(9)8(10)12-7-5-13-4-2-3-11-7/h6-7H,2-5H2,1H3. The molecule has 5 heteroatoms. The van der Waals surface area contributed by atoms with Crippen molar-refractivity contribution in [1.29, 1.82) is 0 Å². The van der Waals surface area contributed by atoms with Crippen LogP contribution in [0.3, 0.4) is 0 Å². The van der Waals surface area contributed by atoms with Crippen molar-refractivity contribution in [3.63, 3.8) is 0 Å². The fraction of sp³-hybridized carbons (Fsp3) is 0.875. The molecule has 1 aliphatic rings. The number of hydrogen-bond donors (Lipinski definition) is 0. The summed E-state index contributed by atoms with van der Waals surface area (Å²) >= 11 is 7.28. The van der Waals surface area contributed by atoms with Crippen molar-refractivity contribution >= 4 is 29.3 Å². The number of hydrogen-bond acceptors (Lipinski definition) is 4. The molecule has 1 aliphatic heterocycles. The Hall–Kier alpha value is 0.0700. The summed E-state index contributed by atoms with van der Waals surface area (Å²) in [5, 5.41) is -0.600. The molecule has 0 aromatic heterocycles. The van der Waals surface area contributed by atoms with Gasteiger partial charge in [-0.3, -0.25) is 4.79 Å². The summed E-state index contributed by atoms with van der Waals surface area (Å²) in [4.78, 5) is 11.1. The predicted octanol–water partition coefficient (Wildman–Crippen LogP) is 1.64. The van der Waals surface area contributed by atoms with E-state index >= 15 is 0 Å². The molecule has 0 bridgehead atoms. The van der Waals surface area contributed by atoms with E-state index in [9.17, 15) is 4.79 Å². The fourth-order valence-electron chi connectivity index (χ4n) is 0.895. The normalized spacial score (nSPS) is 26.2. The van der Waals surface area contributed by atoms with E-state index in [2.05, 4.69) is 0 Å². The van der Waals surface area contributed by atoms with Gasteiger partial charge in [0.15, 0.2) is 0 Å². The first kappa shape index (κ1) is 11.1. The molecule has 1 fully saturated rings. The minimum atomic E-state index is -0.600. The van der Waals surface area contributed by atoms with E-state index in [1.54, 1.807) is 18.7 Å². The van der Waals surface area contributed by atoms with Crippen LogP contribution in [0.15, 0.2) is 0 Å². The molecular weight excluding hydrogens is 212 g/mol. The first-order chi connectivity index (χ1) is 6.20. The van der Waals surface area contributed by atoms with Crippen LogP contribution < -0.4 is 0 Å². The van der Waals surface area contributed by atoms with Gasteiger partial charge in [-0.05, 0) is 19.1 Å². The highest BCUT2D eigenvalue weighted by Gasteiger charge is 2.19. The third-order valence-electron chi connectivity index (χ3n) is 1.56. The van der Waals surface area contributed by atoms with Gasteiger partial charge in [-0.1, -0.05) is 0 Å². The molecular formula is C8H13ClO3S. The Bertz CT molecular complexity index is 167. The maximum Gasteiger partial charge on any atom is 0.326 e. The number of ether oxygens (including phenoxy) is 2. The quantitative estimate of drug-likeness (QED) is 0.528. The molecule has 2 unspecified atom stereocenters. The lowest BCUT2D eigenvalue weighted by Crippen LogP contribution is -2.26. The minimum absolute atomic E-state index is 0.408. The molecule has 2 atom stereocenters. The van der Waals surface area contributed by atoms with Crippen molar-refractivity contribution in [3.05, 3.63) is 0 Å². The van der Waals surface area contributed by atoms with Gasteiger partial charge in [-0.15, -0.1) is 11.6 Å². The predicted molar refractivity (Wildman–Crippen MR) is 53.1 cm³/mol. The third-order valence-corrected chi connectivity index (χ3v) is 2.83. The van der Waals surface area contributed by atoms with E-state index in [0.29, 0.717) is 12.4 Å². The van der Waals surface area contributed by atoms with Crippen LogP contribution in [-0.4, -0.2) is 35.7 Å². The van der Waals surface area contributed by atoms with Crippen LogP contribution in [0.5, 0.6) is 0 Å². The van der Waals surface area contributed by atoms with Crippen LogP contribution >= 0.6 is 23.4 Å². The van der Waals surface area contributed by atoms with Crippen LogP contribution in [0.2, 0.25) is 0 Å². The minimum Gasteiger partial charge on any atom is -0.434 e. The molecule has 1 rings (SSSR count). The number of thioether (sulfide) groups is 1. The Labute approximate surface area is 87.1 Å². The van der Waals surface area contributed by atoms with Gasteiger partial charge in [0, 0.05) is 0 Å². The summed E-state index contributed by atoms with van der Waals surface area (Å²) in [5.74, 6) is 1.36. The topological polar surface area (TPSA) is 35.5 Å². The van der Waals surface area contributed by atoms with E-state index in [-0.39, 0.29) is 0 Å². The van der Waals surface area contributed by atoms with Gasteiger partial charge in [0.2, 0.25) is 6.29 Å². The van der Waals surface area contributed by atoms with Crippen LogP contribution in [0.25, 0.3) is 0 Å². The lowest BCUT2D eigenvalue weighted by Gasteiger charge is -2.15. The number of halogens is 1. The van der Waals surface area contributed by atoms with Crippen molar-refractivity contribution in [2.24, 2.45) is 0 Å². The molecule has 1 heterocycles. The summed E-state index contributed by atoms with van der Waals surface area (Å²) in [6.45, 7) is 2.25. The Morgan fingerprint density at radius 2 is 2.54 bits per heavy atom. The number of esters is 1. The monoisotopic (exact) mass is 224 g/mol. The fourth-order valence-corrected chi connectivity index (χ4v) is 1.79. The number of rotatable bonds is 2. The summed E-state index contributed by atoms with van der Waals surface area (Å²) in [6, 6.07) is 0. The van der Waals surface area contributed by atoms with Crippen molar-refractivity contribution in [3.8, 4) is 0 Å². The van der Waals surface area contributed by atoms with Crippen molar-refractivity contribution in [2.75, 3.05) is 18.1 Å². The average molecular weight is 225 g/mol. The van der Waals surface area contributed by atoms with Gasteiger partial charge in [0.25, 0.3) is 0 Å². The maximum atomic E-state index is 11.1. The highest BCUT2D eigenvalue weighted by molar-refractivity contribution is 7.99. The number of carbonyl (C=O) groups excluding carboxylic acids is 1. The van der Waals surface area contributed by atoms with Gasteiger partial charge < -0.3 is 9.47 Å². The van der Waals surface area contributed by atoms with E-state index in [1.807, 2.05) is 0 Å². The summed E-state index contributed by atoms with van der Waals surface area (Å²) < 4.78 is 10.3. The molecule has 0 spiro atoms. The Balaban J connectivity index is 2.29. The first-order valence-electron chi connectivity index (χ1n) is 4.24. The number of alkyl halides is 1. The summed E-state index contributed by atoms with van der Waals surface area (Å²) in [5.41, 5.74) is 0. The van der Waals surface area contributed by atoms with Gasteiger partial charge >= 0.3 is 5.97 Å². The van der Waals surface area contributed by atoms with Crippen LogP contribution in [0, 0.1) is 0 Å². The van der Waals surface area contributed by atoms with Crippen LogP contribution in [0.1, 0.15) is 13.3 Å². The van der Waals surface area contributed by atoms with Crippen molar-refractivity contribution in [2.45, 2.75) is 25.0 Å². The third kappa shape index (κ3) is 4.20. The van der Waals surface area contributed by atoms with Gasteiger partial charge in [0.1, 0.15) is 5.38 Å². The Morgan fingerprint density at radius 3 is 3.23 bits per heavy atom. The molecule has 0 saturated carbocycles. The maximum absolute atomic E-state index is 11.1. The Kier molecular flexibility index (Phi) is 4.91.